The molecule has 0 saturated carbocycles. The van der Waals surface area contributed by atoms with Gasteiger partial charge in [0, 0.05) is 11.3 Å². The van der Waals surface area contributed by atoms with E-state index in [4.69, 9.17) is 11.5 Å². The standard InChI is InChI=1S/C40H34N2/c1-28(20-25-39(41)38-19-9-13-31-12-5-6-18-37(31)38)33-14-7-15-34(26-33)35-16-8-17-36(27-35)40(42)32-23-21-30(22-24-32)29-10-3-2-4-11-29/h2-27,40H,41-42H2,1H3/b28-20+,39-25-. The van der Waals surface area contributed by atoms with Crippen molar-refractivity contribution in [2.24, 2.45) is 11.5 Å². The first-order valence-corrected chi connectivity index (χ1v) is 14.3. The molecule has 0 aliphatic carbocycles. The predicted molar refractivity (Wildman–Crippen MR) is 180 cm³/mol. The van der Waals surface area contributed by atoms with Crippen molar-refractivity contribution >= 4 is 22.0 Å². The van der Waals surface area contributed by atoms with Gasteiger partial charge in [-0.15, -0.1) is 0 Å². The Balaban J connectivity index is 1.23. The molecule has 1 unspecified atom stereocenters. The van der Waals surface area contributed by atoms with Crippen molar-refractivity contribution in [2.75, 3.05) is 0 Å². The maximum Gasteiger partial charge on any atom is 0.0551 e. The van der Waals surface area contributed by atoms with E-state index in [1.54, 1.807) is 0 Å². The lowest BCUT2D eigenvalue weighted by atomic mass is 9.93. The van der Waals surface area contributed by atoms with Gasteiger partial charge >= 0.3 is 0 Å². The van der Waals surface area contributed by atoms with E-state index in [2.05, 4.69) is 153 Å². The van der Waals surface area contributed by atoms with Crippen LogP contribution in [0, 0.1) is 0 Å². The van der Waals surface area contributed by atoms with E-state index < -0.39 is 0 Å². The maximum atomic E-state index is 6.75. The molecule has 0 fully saturated rings. The number of rotatable bonds is 7. The van der Waals surface area contributed by atoms with Crippen molar-refractivity contribution in [3.8, 4) is 22.3 Å². The smallest absolute Gasteiger partial charge is 0.0551 e. The Hall–Kier alpha value is -5.18. The van der Waals surface area contributed by atoms with Crippen molar-refractivity contribution in [2.45, 2.75) is 13.0 Å². The molecule has 0 heterocycles. The number of nitrogens with two attached hydrogens (primary N) is 2. The Morgan fingerprint density at radius 1 is 0.548 bits per heavy atom. The molecule has 42 heavy (non-hydrogen) atoms. The minimum atomic E-state index is -0.207. The van der Waals surface area contributed by atoms with E-state index in [1.807, 2.05) is 12.1 Å². The van der Waals surface area contributed by atoms with Gasteiger partial charge in [0.15, 0.2) is 0 Å². The molecule has 0 spiro atoms. The second kappa shape index (κ2) is 12.1. The number of fused-ring (bicyclic) bond motifs is 1. The predicted octanol–water partition coefficient (Wildman–Crippen LogP) is 9.62. The number of allylic oxidation sites excluding steroid dienone is 3. The molecule has 0 aliphatic rings. The quantitative estimate of drug-likeness (QED) is 0.197. The van der Waals surface area contributed by atoms with E-state index in [0.29, 0.717) is 0 Å². The zero-order valence-electron chi connectivity index (χ0n) is 23.7. The molecule has 1 atom stereocenters. The molecule has 204 valence electrons. The zero-order chi connectivity index (χ0) is 28.9. The molecule has 0 aliphatic heterocycles. The van der Waals surface area contributed by atoms with Gasteiger partial charge in [0.05, 0.1) is 6.04 Å². The first kappa shape index (κ1) is 27.0. The molecule has 6 aromatic carbocycles. The lowest BCUT2D eigenvalue weighted by molar-refractivity contribution is 0.872. The normalized spacial score (nSPS) is 12.8. The van der Waals surface area contributed by atoms with Crippen LogP contribution in [0.1, 0.15) is 35.2 Å². The molecule has 4 N–H and O–H groups in total. The molecule has 0 aromatic heterocycles. The van der Waals surface area contributed by atoms with E-state index in [9.17, 15) is 0 Å². The van der Waals surface area contributed by atoms with Crippen LogP contribution < -0.4 is 11.5 Å². The Morgan fingerprint density at radius 3 is 1.98 bits per heavy atom. The summed E-state index contributed by atoms with van der Waals surface area (Å²) in [6, 6.07) is 50.5. The second-order valence-electron chi connectivity index (χ2n) is 10.7. The lowest BCUT2D eigenvalue weighted by Crippen LogP contribution is -2.11. The van der Waals surface area contributed by atoms with E-state index in [-0.39, 0.29) is 6.04 Å². The van der Waals surface area contributed by atoms with Gasteiger partial charge in [-0.05, 0) is 80.4 Å². The van der Waals surface area contributed by atoms with E-state index in [0.717, 1.165) is 50.0 Å². The summed E-state index contributed by atoms with van der Waals surface area (Å²) in [7, 11) is 0. The highest BCUT2D eigenvalue weighted by atomic mass is 14.6. The SMILES string of the molecule is C/C(=C\C=C(/N)c1cccc2ccccc12)c1cccc(-c2cccc(C(N)c3ccc(-c4ccccc4)cc3)c2)c1. The van der Waals surface area contributed by atoms with Crippen LogP contribution in [-0.2, 0) is 0 Å². The van der Waals surface area contributed by atoms with E-state index in [1.165, 1.54) is 16.5 Å². The van der Waals surface area contributed by atoms with Crippen molar-refractivity contribution in [1.29, 1.82) is 0 Å². The van der Waals surface area contributed by atoms with Crippen molar-refractivity contribution < 1.29 is 0 Å². The van der Waals surface area contributed by atoms with Gasteiger partial charge in [-0.1, -0.05) is 140 Å². The fourth-order valence-corrected chi connectivity index (χ4v) is 5.44. The molecule has 0 amide bonds. The number of hydrogen-bond acceptors (Lipinski definition) is 2. The highest BCUT2D eigenvalue weighted by molar-refractivity contribution is 5.93. The highest BCUT2D eigenvalue weighted by Crippen LogP contribution is 2.29. The Morgan fingerprint density at radius 2 is 1.17 bits per heavy atom. The highest BCUT2D eigenvalue weighted by Gasteiger charge is 2.11. The van der Waals surface area contributed by atoms with E-state index >= 15 is 0 Å². The summed E-state index contributed by atoms with van der Waals surface area (Å²) in [4.78, 5) is 0. The number of hydrogen-bond donors (Lipinski definition) is 2. The third kappa shape index (κ3) is 5.81. The van der Waals surface area contributed by atoms with Gasteiger partial charge in [0.25, 0.3) is 0 Å². The Bertz CT molecular complexity index is 1890. The molecule has 0 saturated heterocycles. The van der Waals surface area contributed by atoms with Crippen LogP contribution >= 0.6 is 0 Å². The third-order valence-electron chi connectivity index (χ3n) is 7.89. The second-order valence-corrected chi connectivity index (χ2v) is 10.7. The molecular weight excluding hydrogens is 508 g/mol. The first-order valence-electron chi connectivity index (χ1n) is 14.3. The molecule has 2 heteroatoms. The van der Waals surface area contributed by atoms with Gasteiger partial charge in [0.2, 0.25) is 0 Å². The van der Waals surface area contributed by atoms with Crippen LogP contribution in [0.2, 0.25) is 0 Å². The van der Waals surface area contributed by atoms with Crippen LogP contribution in [0.5, 0.6) is 0 Å². The zero-order valence-corrected chi connectivity index (χ0v) is 23.7. The average molecular weight is 543 g/mol. The monoisotopic (exact) mass is 542 g/mol. The first-order chi connectivity index (χ1) is 20.6. The van der Waals surface area contributed by atoms with Crippen LogP contribution in [0.4, 0.5) is 0 Å². The van der Waals surface area contributed by atoms with Crippen molar-refractivity contribution in [3.05, 3.63) is 180 Å². The Labute approximate surface area is 248 Å². The van der Waals surface area contributed by atoms with Gasteiger partial charge in [-0.2, -0.15) is 0 Å². The summed E-state index contributed by atoms with van der Waals surface area (Å²) in [5.74, 6) is 0. The molecule has 2 nitrogen and oxygen atoms in total. The maximum absolute atomic E-state index is 6.75. The summed E-state index contributed by atoms with van der Waals surface area (Å²) >= 11 is 0. The largest absolute Gasteiger partial charge is 0.398 e. The summed E-state index contributed by atoms with van der Waals surface area (Å²) in [5, 5.41) is 2.35. The van der Waals surface area contributed by atoms with Crippen LogP contribution in [0.3, 0.4) is 0 Å². The topological polar surface area (TPSA) is 52.0 Å². The fourth-order valence-electron chi connectivity index (χ4n) is 5.44. The fraction of sp³-hybridized carbons (Fsp3) is 0.0500. The van der Waals surface area contributed by atoms with Crippen LogP contribution in [0.25, 0.3) is 44.3 Å². The minimum Gasteiger partial charge on any atom is -0.398 e. The summed E-state index contributed by atoms with van der Waals surface area (Å²) in [5.41, 5.74) is 24.3. The molecule has 0 radical (unpaired) electrons. The molecule has 0 bridgehead atoms. The molecule has 6 rings (SSSR count). The summed E-state index contributed by atoms with van der Waals surface area (Å²) < 4.78 is 0. The van der Waals surface area contributed by atoms with Crippen molar-refractivity contribution in [1.82, 2.24) is 0 Å². The lowest BCUT2D eigenvalue weighted by Gasteiger charge is -2.15. The summed E-state index contributed by atoms with van der Waals surface area (Å²) in [6.07, 6.45) is 4.11. The average Bonchev–Trinajstić information content (AvgIpc) is 3.07. The van der Waals surface area contributed by atoms with Crippen molar-refractivity contribution in [3.63, 3.8) is 0 Å². The van der Waals surface area contributed by atoms with Crippen LogP contribution in [0.15, 0.2) is 158 Å². The Kier molecular flexibility index (Phi) is 7.81. The summed E-state index contributed by atoms with van der Waals surface area (Å²) in [6.45, 7) is 2.12. The van der Waals surface area contributed by atoms with Gasteiger partial charge in [-0.3, -0.25) is 0 Å². The molecule has 6 aromatic rings. The van der Waals surface area contributed by atoms with Gasteiger partial charge in [-0.25, -0.2) is 0 Å². The van der Waals surface area contributed by atoms with Gasteiger partial charge < -0.3 is 11.5 Å². The van der Waals surface area contributed by atoms with Crippen LogP contribution in [-0.4, -0.2) is 0 Å². The van der Waals surface area contributed by atoms with Gasteiger partial charge in [0.1, 0.15) is 0 Å². The third-order valence-corrected chi connectivity index (χ3v) is 7.89. The molecular formula is C40H34N2. The minimum absolute atomic E-state index is 0.207. The number of benzene rings is 6.